The molecule has 0 amide bonds. The van der Waals surface area contributed by atoms with Gasteiger partial charge < -0.3 is 5.32 Å². The van der Waals surface area contributed by atoms with Crippen LogP contribution in [0.1, 0.15) is 31.4 Å². The number of fused-ring (bicyclic) bond motifs is 1. The average Bonchev–Trinajstić information content (AvgIpc) is 2.78. The number of nitrogens with zero attached hydrogens (tertiary/aromatic N) is 1. The van der Waals surface area contributed by atoms with Gasteiger partial charge in [0.05, 0.1) is 0 Å². The van der Waals surface area contributed by atoms with Gasteiger partial charge in [-0.25, -0.2) is 0 Å². The molecule has 1 fully saturated rings. The molecule has 2 unspecified atom stereocenters. The van der Waals surface area contributed by atoms with Crippen LogP contribution in [0.3, 0.4) is 0 Å². The highest BCUT2D eigenvalue weighted by atomic mass is 79.9. The quantitative estimate of drug-likeness (QED) is 0.899. The summed E-state index contributed by atoms with van der Waals surface area (Å²) in [6, 6.07) is 7.41. The topological polar surface area (TPSA) is 15.3 Å². The van der Waals surface area contributed by atoms with E-state index < -0.39 is 0 Å². The molecule has 2 aliphatic heterocycles. The first kappa shape index (κ1) is 13.6. The van der Waals surface area contributed by atoms with E-state index in [9.17, 15) is 0 Å². The van der Waals surface area contributed by atoms with Gasteiger partial charge in [0.25, 0.3) is 0 Å². The summed E-state index contributed by atoms with van der Waals surface area (Å²) in [6.07, 6.45) is 2.49. The molecule has 2 nitrogen and oxygen atoms in total. The van der Waals surface area contributed by atoms with E-state index in [0.29, 0.717) is 11.5 Å². The van der Waals surface area contributed by atoms with Crippen molar-refractivity contribution in [3.8, 4) is 0 Å². The SMILES string of the molecule is CC1Cc2ccc(Br)cc2CN1CC1(C)CCNC1. The van der Waals surface area contributed by atoms with E-state index in [1.165, 1.54) is 48.1 Å². The van der Waals surface area contributed by atoms with Crippen molar-refractivity contribution in [1.82, 2.24) is 10.2 Å². The van der Waals surface area contributed by atoms with Crippen molar-refractivity contribution in [1.29, 1.82) is 0 Å². The van der Waals surface area contributed by atoms with Gasteiger partial charge in [0, 0.05) is 30.1 Å². The Kier molecular flexibility index (Phi) is 3.71. The van der Waals surface area contributed by atoms with E-state index in [4.69, 9.17) is 0 Å². The van der Waals surface area contributed by atoms with E-state index in [-0.39, 0.29) is 0 Å². The number of benzene rings is 1. The number of nitrogens with one attached hydrogen (secondary N) is 1. The highest BCUT2D eigenvalue weighted by Gasteiger charge is 2.33. The second-order valence-electron chi connectivity index (χ2n) is 6.61. The second kappa shape index (κ2) is 5.19. The summed E-state index contributed by atoms with van der Waals surface area (Å²) in [5, 5.41) is 3.51. The highest BCUT2D eigenvalue weighted by Crippen LogP contribution is 2.31. The van der Waals surface area contributed by atoms with Crippen molar-refractivity contribution in [3.05, 3.63) is 33.8 Å². The lowest BCUT2D eigenvalue weighted by Gasteiger charge is -2.39. The Morgan fingerprint density at radius 2 is 2.26 bits per heavy atom. The molecule has 0 radical (unpaired) electrons. The molecule has 0 saturated carbocycles. The third-order valence-electron chi connectivity index (χ3n) is 4.72. The average molecular weight is 323 g/mol. The van der Waals surface area contributed by atoms with Gasteiger partial charge >= 0.3 is 0 Å². The molecule has 0 aromatic heterocycles. The lowest BCUT2D eigenvalue weighted by atomic mass is 9.86. The molecule has 19 heavy (non-hydrogen) atoms. The van der Waals surface area contributed by atoms with E-state index >= 15 is 0 Å². The molecule has 2 heterocycles. The summed E-state index contributed by atoms with van der Waals surface area (Å²) in [5.41, 5.74) is 3.49. The van der Waals surface area contributed by atoms with Crippen LogP contribution in [0, 0.1) is 5.41 Å². The minimum Gasteiger partial charge on any atom is -0.316 e. The zero-order valence-corrected chi connectivity index (χ0v) is 13.5. The van der Waals surface area contributed by atoms with Crippen LogP contribution in [-0.2, 0) is 13.0 Å². The molecule has 1 N–H and O–H groups in total. The first-order chi connectivity index (χ1) is 9.06. The van der Waals surface area contributed by atoms with Gasteiger partial charge in [-0.2, -0.15) is 0 Å². The van der Waals surface area contributed by atoms with Crippen LogP contribution >= 0.6 is 15.9 Å². The fourth-order valence-corrected chi connectivity index (χ4v) is 3.88. The molecular formula is C16H23BrN2. The standard InChI is InChI=1S/C16H23BrN2/c1-12-7-13-3-4-15(17)8-14(13)9-19(12)11-16(2)5-6-18-10-16/h3-4,8,12,18H,5-7,9-11H2,1-2H3. The molecule has 104 valence electrons. The zero-order valence-electron chi connectivity index (χ0n) is 11.9. The van der Waals surface area contributed by atoms with Crippen LogP contribution < -0.4 is 5.32 Å². The summed E-state index contributed by atoms with van der Waals surface area (Å²) < 4.78 is 1.20. The van der Waals surface area contributed by atoms with Gasteiger partial charge in [0.2, 0.25) is 0 Å². The molecule has 2 aliphatic rings. The fourth-order valence-electron chi connectivity index (χ4n) is 3.47. The van der Waals surface area contributed by atoms with Crippen LogP contribution in [0.4, 0.5) is 0 Å². The summed E-state index contributed by atoms with van der Waals surface area (Å²) in [6.45, 7) is 9.47. The Morgan fingerprint density at radius 3 is 3.00 bits per heavy atom. The predicted molar refractivity (Wildman–Crippen MR) is 83.3 cm³/mol. The van der Waals surface area contributed by atoms with E-state index in [2.05, 4.69) is 58.2 Å². The maximum Gasteiger partial charge on any atom is 0.0240 e. The molecule has 0 bridgehead atoms. The van der Waals surface area contributed by atoms with Crippen molar-refractivity contribution in [3.63, 3.8) is 0 Å². The maximum atomic E-state index is 3.60. The first-order valence-electron chi connectivity index (χ1n) is 7.28. The van der Waals surface area contributed by atoms with Gasteiger partial charge in [-0.1, -0.05) is 28.9 Å². The van der Waals surface area contributed by atoms with Crippen LogP contribution in [0.25, 0.3) is 0 Å². The lowest BCUT2D eigenvalue weighted by Crippen LogP contribution is -2.45. The Hall–Kier alpha value is -0.380. The molecule has 1 aromatic rings. The zero-order chi connectivity index (χ0) is 13.5. The summed E-state index contributed by atoms with van der Waals surface area (Å²) in [5.74, 6) is 0. The Labute approximate surface area is 124 Å². The van der Waals surface area contributed by atoms with Crippen molar-refractivity contribution in [2.24, 2.45) is 5.41 Å². The van der Waals surface area contributed by atoms with Gasteiger partial charge in [-0.05, 0) is 55.0 Å². The van der Waals surface area contributed by atoms with Crippen molar-refractivity contribution >= 4 is 15.9 Å². The van der Waals surface area contributed by atoms with Crippen LogP contribution in [0.15, 0.2) is 22.7 Å². The molecule has 1 saturated heterocycles. The third-order valence-corrected chi connectivity index (χ3v) is 5.22. The van der Waals surface area contributed by atoms with Crippen molar-refractivity contribution < 1.29 is 0 Å². The molecule has 0 aliphatic carbocycles. The van der Waals surface area contributed by atoms with Crippen LogP contribution in [0.2, 0.25) is 0 Å². The van der Waals surface area contributed by atoms with Gasteiger partial charge in [-0.3, -0.25) is 4.90 Å². The Balaban J connectivity index is 1.77. The van der Waals surface area contributed by atoms with E-state index in [1.807, 2.05) is 0 Å². The molecular weight excluding hydrogens is 300 g/mol. The number of halogens is 1. The summed E-state index contributed by atoms with van der Waals surface area (Å²) in [4.78, 5) is 2.67. The molecule has 1 aromatic carbocycles. The van der Waals surface area contributed by atoms with Crippen molar-refractivity contribution in [2.45, 2.75) is 39.3 Å². The van der Waals surface area contributed by atoms with Gasteiger partial charge in [0.1, 0.15) is 0 Å². The van der Waals surface area contributed by atoms with E-state index in [1.54, 1.807) is 0 Å². The monoisotopic (exact) mass is 322 g/mol. The Bertz CT molecular complexity index is 466. The second-order valence-corrected chi connectivity index (χ2v) is 7.52. The highest BCUT2D eigenvalue weighted by molar-refractivity contribution is 9.10. The number of rotatable bonds is 2. The van der Waals surface area contributed by atoms with Crippen LogP contribution in [0.5, 0.6) is 0 Å². The first-order valence-corrected chi connectivity index (χ1v) is 8.07. The summed E-state index contributed by atoms with van der Waals surface area (Å²) >= 11 is 3.60. The summed E-state index contributed by atoms with van der Waals surface area (Å²) in [7, 11) is 0. The lowest BCUT2D eigenvalue weighted by molar-refractivity contribution is 0.119. The van der Waals surface area contributed by atoms with Crippen LogP contribution in [-0.4, -0.2) is 30.6 Å². The maximum absolute atomic E-state index is 3.60. The van der Waals surface area contributed by atoms with Gasteiger partial charge in [0.15, 0.2) is 0 Å². The largest absolute Gasteiger partial charge is 0.316 e. The molecule has 2 atom stereocenters. The Morgan fingerprint density at radius 1 is 1.42 bits per heavy atom. The van der Waals surface area contributed by atoms with Gasteiger partial charge in [-0.15, -0.1) is 0 Å². The number of hydrogen-bond donors (Lipinski definition) is 1. The molecule has 3 heteroatoms. The third kappa shape index (κ3) is 2.88. The number of hydrogen-bond acceptors (Lipinski definition) is 2. The predicted octanol–water partition coefficient (Wildman–Crippen LogP) is 3.20. The van der Waals surface area contributed by atoms with E-state index in [0.717, 1.165) is 6.54 Å². The normalized spacial score (nSPS) is 31.4. The minimum absolute atomic E-state index is 0.456. The fraction of sp³-hybridized carbons (Fsp3) is 0.625. The molecule has 0 spiro atoms. The molecule has 3 rings (SSSR count). The van der Waals surface area contributed by atoms with Crippen molar-refractivity contribution in [2.75, 3.05) is 19.6 Å². The minimum atomic E-state index is 0.456. The smallest absolute Gasteiger partial charge is 0.0240 e.